The maximum absolute atomic E-state index is 11.0. The third-order valence-electron chi connectivity index (χ3n) is 2.04. The van der Waals surface area contributed by atoms with Gasteiger partial charge in [-0.3, -0.25) is 4.79 Å². The Kier molecular flexibility index (Phi) is 6.84. The Balaban J connectivity index is 2.10. The lowest BCUT2D eigenvalue weighted by Gasteiger charge is -2.02. The summed E-state index contributed by atoms with van der Waals surface area (Å²) in [7, 11) is 0. The molecule has 0 aromatic carbocycles. The van der Waals surface area contributed by atoms with Gasteiger partial charge in [0.25, 0.3) is 0 Å². The summed E-state index contributed by atoms with van der Waals surface area (Å²) in [5.74, 6) is 0.706. The normalized spacial score (nSPS) is 10.5. The van der Waals surface area contributed by atoms with Crippen molar-refractivity contribution in [1.29, 1.82) is 0 Å². The van der Waals surface area contributed by atoms with Crippen LogP contribution < -0.4 is 5.32 Å². The van der Waals surface area contributed by atoms with Crippen LogP contribution in [0.25, 0.3) is 0 Å². The van der Waals surface area contributed by atoms with Crippen molar-refractivity contribution in [3.05, 3.63) is 21.0 Å². The summed E-state index contributed by atoms with van der Waals surface area (Å²) >= 11 is 6.62. The first-order valence-corrected chi connectivity index (χ1v) is 7.02. The summed E-state index contributed by atoms with van der Waals surface area (Å²) in [6.07, 6.45) is 1.22. The van der Waals surface area contributed by atoms with Crippen LogP contribution in [0.15, 0.2) is 19.6 Å². The van der Waals surface area contributed by atoms with Gasteiger partial charge in [0.2, 0.25) is 0 Å². The fraction of sp³-hybridized carbons (Fsp3) is 0.545. The molecule has 0 aliphatic carbocycles. The minimum Gasteiger partial charge on any atom is -0.466 e. The molecule has 1 N–H and O–H groups in total. The molecule has 1 rings (SSSR count). The molecule has 0 spiro atoms. The topological polar surface area (TPSA) is 51.5 Å². The van der Waals surface area contributed by atoms with E-state index in [0.717, 1.165) is 23.2 Å². The maximum Gasteiger partial charge on any atom is 0.305 e. The van der Waals surface area contributed by atoms with E-state index in [1.807, 2.05) is 13.0 Å². The van der Waals surface area contributed by atoms with Crippen LogP contribution >= 0.6 is 31.9 Å². The number of hydrogen-bond acceptors (Lipinski definition) is 4. The number of carbonyl (C=O) groups is 1. The van der Waals surface area contributed by atoms with Gasteiger partial charge in [-0.1, -0.05) is 0 Å². The summed E-state index contributed by atoms with van der Waals surface area (Å²) in [4.78, 5) is 11.0. The Labute approximate surface area is 117 Å². The molecule has 0 unspecified atom stereocenters. The van der Waals surface area contributed by atoms with Crippen molar-refractivity contribution in [3.8, 4) is 0 Å². The van der Waals surface area contributed by atoms with Gasteiger partial charge < -0.3 is 14.5 Å². The molecule has 4 nitrogen and oxygen atoms in total. The average Bonchev–Trinajstić information content (AvgIpc) is 2.58. The molecule has 96 valence electrons. The summed E-state index contributed by atoms with van der Waals surface area (Å²) in [6, 6.07) is 1.91. The summed E-state index contributed by atoms with van der Waals surface area (Å²) in [5, 5.41) is 3.20. The molecule has 0 aliphatic rings. The monoisotopic (exact) mass is 367 g/mol. The smallest absolute Gasteiger partial charge is 0.305 e. The van der Waals surface area contributed by atoms with Crippen LogP contribution in [0.3, 0.4) is 0 Å². The first-order chi connectivity index (χ1) is 8.13. The number of ether oxygens (including phenoxy) is 1. The highest BCUT2D eigenvalue weighted by Gasteiger charge is 2.05. The van der Waals surface area contributed by atoms with Gasteiger partial charge in [-0.05, 0) is 57.8 Å². The molecule has 0 atom stereocenters. The lowest BCUT2D eigenvalue weighted by molar-refractivity contribution is -0.143. The van der Waals surface area contributed by atoms with Crippen molar-refractivity contribution in [2.24, 2.45) is 0 Å². The number of carbonyl (C=O) groups excluding carboxylic acids is 1. The largest absolute Gasteiger partial charge is 0.466 e. The second-order valence-corrected chi connectivity index (χ2v) is 4.99. The van der Waals surface area contributed by atoms with E-state index in [-0.39, 0.29) is 5.97 Å². The molecular weight excluding hydrogens is 354 g/mol. The highest BCUT2D eigenvalue weighted by atomic mass is 79.9. The average molecular weight is 369 g/mol. The van der Waals surface area contributed by atoms with Crippen LogP contribution in [0.5, 0.6) is 0 Å². The van der Waals surface area contributed by atoms with Crippen LogP contribution in [0.4, 0.5) is 0 Å². The van der Waals surface area contributed by atoms with Crippen molar-refractivity contribution in [2.45, 2.75) is 26.3 Å². The molecule has 0 saturated carbocycles. The number of furan rings is 1. The van der Waals surface area contributed by atoms with E-state index in [1.54, 1.807) is 0 Å². The fourth-order valence-corrected chi connectivity index (χ4v) is 1.94. The highest BCUT2D eigenvalue weighted by Crippen LogP contribution is 2.26. The molecule has 0 radical (unpaired) electrons. The minimum absolute atomic E-state index is 0.141. The molecule has 0 aliphatic heterocycles. The van der Waals surface area contributed by atoms with Gasteiger partial charge in [-0.25, -0.2) is 0 Å². The number of esters is 1. The van der Waals surface area contributed by atoms with Gasteiger partial charge in [-0.15, -0.1) is 0 Å². The number of halogens is 2. The van der Waals surface area contributed by atoms with Gasteiger partial charge >= 0.3 is 5.97 Å². The number of rotatable bonds is 7. The highest BCUT2D eigenvalue weighted by molar-refractivity contribution is 9.13. The van der Waals surface area contributed by atoms with Gasteiger partial charge in [-0.2, -0.15) is 0 Å². The lowest BCUT2D eigenvalue weighted by Crippen LogP contribution is -2.16. The Bertz CT molecular complexity index is 346. The zero-order chi connectivity index (χ0) is 12.7. The van der Waals surface area contributed by atoms with Crippen LogP contribution in [-0.4, -0.2) is 19.1 Å². The first-order valence-electron chi connectivity index (χ1n) is 5.43. The van der Waals surface area contributed by atoms with E-state index in [4.69, 9.17) is 9.15 Å². The molecule has 0 bridgehead atoms. The number of nitrogens with one attached hydrogen (secondary N) is 1. The fourth-order valence-electron chi connectivity index (χ4n) is 1.28. The van der Waals surface area contributed by atoms with Crippen LogP contribution in [0, 0.1) is 0 Å². The van der Waals surface area contributed by atoms with E-state index in [9.17, 15) is 4.79 Å². The van der Waals surface area contributed by atoms with Crippen molar-refractivity contribution in [2.75, 3.05) is 13.2 Å². The van der Waals surface area contributed by atoms with E-state index >= 15 is 0 Å². The zero-order valence-corrected chi connectivity index (χ0v) is 12.8. The predicted octanol–water partition coefficient (Wildman–Crippen LogP) is 3.24. The van der Waals surface area contributed by atoms with Crippen LogP contribution in [-0.2, 0) is 16.1 Å². The summed E-state index contributed by atoms with van der Waals surface area (Å²) in [5.41, 5.74) is 0. The Morgan fingerprint density at radius 1 is 1.53 bits per heavy atom. The third kappa shape index (κ3) is 5.70. The minimum atomic E-state index is -0.141. The molecule has 1 aromatic heterocycles. The van der Waals surface area contributed by atoms with Gasteiger partial charge in [0.1, 0.15) is 5.76 Å². The van der Waals surface area contributed by atoms with E-state index in [2.05, 4.69) is 37.2 Å². The molecule has 17 heavy (non-hydrogen) atoms. The molecule has 0 saturated heterocycles. The number of hydrogen-bond donors (Lipinski definition) is 1. The summed E-state index contributed by atoms with van der Waals surface area (Å²) < 4.78 is 11.8. The molecule has 0 amide bonds. The van der Waals surface area contributed by atoms with E-state index in [0.29, 0.717) is 24.2 Å². The Morgan fingerprint density at radius 2 is 2.29 bits per heavy atom. The second-order valence-electron chi connectivity index (χ2n) is 3.42. The van der Waals surface area contributed by atoms with Gasteiger partial charge in [0.15, 0.2) is 4.67 Å². The molecule has 1 aromatic rings. The summed E-state index contributed by atoms with van der Waals surface area (Å²) in [6.45, 7) is 3.66. The van der Waals surface area contributed by atoms with Crippen molar-refractivity contribution in [1.82, 2.24) is 5.32 Å². The molecule has 0 fully saturated rings. The Hall–Kier alpha value is -0.330. The van der Waals surface area contributed by atoms with Crippen LogP contribution in [0.2, 0.25) is 0 Å². The first kappa shape index (κ1) is 14.7. The SMILES string of the molecule is CCOC(=O)CCCNCc1cc(Br)c(Br)o1. The molecule has 6 heteroatoms. The maximum atomic E-state index is 11.0. The van der Waals surface area contributed by atoms with E-state index in [1.165, 1.54) is 0 Å². The van der Waals surface area contributed by atoms with Crippen molar-refractivity contribution >= 4 is 37.8 Å². The van der Waals surface area contributed by atoms with Crippen molar-refractivity contribution in [3.63, 3.8) is 0 Å². The lowest BCUT2D eigenvalue weighted by atomic mass is 10.3. The van der Waals surface area contributed by atoms with Gasteiger partial charge in [0, 0.05) is 6.42 Å². The van der Waals surface area contributed by atoms with Crippen LogP contribution in [0.1, 0.15) is 25.5 Å². The third-order valence-corrected chi connectivity index (χ3v) is 3.75. The predicted molar refractivity (Wildman–Crippen MR) is 71.7 cm³/mol. The van der Waals surface area contributed by atoms with Gasteiger partial charge in [0.05, 0.1) is 17.6 Å². The zero-order valence-electron chi connectivity index (χ0n) is 9.59. The standard InChI is InChI=1S/C11H15Br2NO3/c1-2-16-10(15)4-3-5-14-7-8-6-9(12)11(13)17-8/h6,14H,2-5,7H2,1H3. The van der Waals surface area contributed by atoms with Crippen molar-refractivity contribution < 1.29 is 13.9 Å². The molecular formula is C11H15Br2NO3. The molecule has 1 heterocycles. The van der Waals surface area contributed by atoms with E-state index < -0.39 is 0 Å². The Morgan fingerprint density at radius 3 is 2.88 bits per heavy atom. The second kappa shape index (κ2) is 7.89. The quantitative estimate of drug-likeness (QED) is 0.593.